The molecule has 0 radical (unpaired) electrons. The van der Waals surface area contributed by atoms with Gasteiger partial charge < -0.3 is 4.11 Å². The molecule has 0 spiro atoms. The molecule has 0 amide bonds. The van der Waals surface area contributed by atoms with E-state index >= 15 is 0 Å². The highest BCUT2D eigenvalue weighted by molar-refractivity contribution is 6.70. The van der Waals surface area contributed by atoms with E-state index in [0.29, 0.717) is 0 Å². The summed E-state index contributed by atoms with van der Waals surface area (Å²) in [5.41, 5.74) is 0. The van der Waals surface area contributed by atoms with Crippen LogP contribution in [0.4, 0.5) is 4.11 Å². The van der Waals surface area contributed by atoms with Gasteiger partial charge in [-0.3, -0.25) is 0 Å². The average Bonchev–Trinajstić information content (AvgIpc) is 1.35. The molecule has 0 aliphatic rings. The normalized spacial score (nSPS) is 12.0. The van der Waals surface area contributed by atoms with Crippen LogP contribution in [0.1, 0.15) is 6.92 Å². The minimum Gasteiger partial charge on any atom is -0.314 e. The van der Waals surface area contributed by atoms with Gasteiger partial charge in [0.15, 0.2) is 0 Å². The third-order valence-electron chi connectivity index (χ3n) is 0.841. The molecule has 0 aromatic carbocycles. The molecule has 0 aliphatic carbocycles. The highest BCUT2D eigenvalue weighted by atomic mass is 28.4. The summed E-state index contributed by atoms with van der Waals surface area (Å²) in [7, 11) is -2.13. The Bertz CT molecular complexity index is 37.3. The van der Waals surface area contributed by atoms with Gasteiger partial charge in [-0.25, -0.2) is 0 Å². The van der Waals surface area contributed by atoms with Crippen LogP contribution in [-0.2, 0) is 0 Å². The lowest BCUT2D eigenvalue weighted by atomic mass is 11.0. The molecule has 0 unspecified atom stereocenters. The van der Waals surface area contributed by atoms with Gasteiger partial charge >= 0.3 is 0 Å². The zero-order valence-corrected chi connectivity index (χ0v) is 5.59. The van der Waals surface area contributed by atoms with Crippen LogP contribution in [0.2, 0.25) is 19.1 Å². The van der Waals surface area contributed by atoms with Gasteiger partial charge in [0.25, 0.3) is 0 Å². The van der Waals surface area contributed by atoms with E-state index in [1.807, 2.05) is 6.92 Å². The van der Waals surface area contributed by atoms with Crippen molar-refractivity contribution in [3.63, 3.8) is 0 Å². The first-order valence-corrected chi connectivity index (χ1v) is 5.33. The quantitative estimate of drug-likeness (QED) is 0.355. The second-order valence-electron chi connectivity index (χ2n) is 2.07. The van der Waals surface area contributed by atoms with Crippen molar-refractivity contribution in [2.24, 2.45) is 0 Å². The first-order valence-electron chi connectivity index (χ1n) is 2.25. The summed E-state index contributed by atoms with van der Waals surface area (Å²) in [4.78, 5) is 0. The Morgan fingerprint density at radius 3 is 1.67 bits per heavy atom. The number of rotatable bonds is 1. The summed E-state index contributed by atoms with van der Waals surface area (Å²) >= 11 is 0. The van der Waals surface area contributed by atoms with Gasteiger partial charge in [-0.05, 0) is 19.1 Å². The van der Waals surface area contributed by atoms with Gasteiger partial charge in [-0.2, -0.15) is 0 Å². The predicted molar refractivity (Wildman–Crippen MR) is 29.1 cm³/mol. The molecular weight excluding hydrogens is 95.1 g/mol. The van der Waals surface area contributed by atoms with Crippen molar-refractivity contribution < 1.29 is 4.11 Å². The third-order valence-corrected chi connectivity index (χ3v) is 2.52. The molecular formula is C4H11FSi. The van der Waals surface area contributed by atoms with Crippen LogP contribution < -0.4 is 0 Å². The number of hydrogen-bond acceptors (Lipinski definition) is 0. The summed E-state index contributed by atoms with van der Waals surface area (Å²) < 4.78 is 12.3. The highest BCUT2D eigenvalue weighted by Crippen LogP contribution is 2.07. The Morgan fingerprint density at radius 2 is 1.67 bits per heavy atom. The van der Waals surface area contributed by atoms with Crippen molar-refractivity contribution in [2.45, 2.75) is 26.1 Å². The fourth-order valence-corrected chi connectivity index (χ4v) is 0. The summed E-state index contributed by atoms with van der Waals surface area (Å²) in [5.74, 6) is 0. The van der Waals surface area contributed by atoms with Gasteiger partial charge in [0.2, 0.25) is 8.41 Å². The maximum Gasteiger partial charge on any atom is 0.240 e. The molecule has 0 N–H and O–H groups in total. The van der Waals surface area contributed by atoms with E-state index < -0.39 is 8.41 Å². The summed E-state index contributed by atoms with van der Waals surface area (Å²) in [6.07, 6.45) is 0. The largest absolute Gasteiger partial charge is 0.314 e. The van der Waals surface area contributed by atoms with E-state index in [4.69, 9.17) is 0 Å². The smallest absolute Gasteiger partial charge is 0.240 e. The highest BCUT2D eigenvalue weighted by Gasteiger charge is 2.15. The number of halogens is 1. The molecule has 38 valence electrons. The topological polar surface area (TPSA) is 0 Å². The minimum atomic E-state index is -2.13. The van der Waals surface area contributed by atoms with Gasteiger partial charge in [0.05, 0.1) is 0 Å². The van der Waals surface area contributed by atoms with Crippen molar-refractivity contribution in [1.29, 1.82) is 0 Å². The molecule has 0 aromatic heterocycles. The van der Waals surface area contributed by atoms with Gasteiger partial charge in [-0.1, -0.05) is 6.92 Å². The van der Waals surface area contributed by atoms with E-state index in [9.17, 15) is 4.11 Å². The Labute approximate surface area is 39.6 Å². The standard InChI is InChI=1S/C4H11FSi/c1-4-6(2,3)5/h4H2,1-3H3. The summed E-state index contributed by atoms with van der Waals surface area (Å²) in [6.45, 7) is 5.33. The third kappa shape index (κ3) is 4.15. The van der Waals surface area contributed by atoms with Gasteiger partial charge in [-0.15, -0.1) is 0 Å². The molecule has 0 aliphatic heterocycles. The van der Waals surface area contributed by atoms with E-state index in [-0.39, 0.29) is 0 Å². The molecule has 0 atom stereocenters. The zero-order chi connectivity index (χ0) is 5.21. The summed E-state index contributed by atoms with van der Waals surface area (Å²) in [6, 6.07) is 0.743. The lowest BCUT2D eigenvalue weighted by Crippen LogP contribution is -2.14. The van der Waals surface area contributed by atoms with E-state index in [1.54, 1.807) is 13.1 Å². The minimum absolute atomic E-state index is 0.743. The fraction of sp³-hybridized carbons (Fsp3) is 1.00. The molecule has 2 heteroatoms. The van der Waals surface area contributed by atoms with Crippen molar-refractivity contribution >= 4 is 8.41 Å². The molecule has 0 saturated carbocycles. The molecule has 0 aromatic rings. The number of hydrogen-bond donors (Lipinski definition) is 0. The van der Waals surface area contributed by atoms with Gasteiger partial charge in [0.1, 0.15) is 0 Å². The molecule has 0 bridgehead atoms. The van der Waals surface area contributed by atoms with Crippen molar-refractivity contribution in [1.82, 2.24) is 0 Å². The summed E-state index contributed by atoms with van der Waals surface area (Å²) in [5, 5.41) is 0. The second-order valence-corrected chi connectivity index (χ2v) is 6.22. The van der Waals surface area contributed by atoms with Crippen LogP contribution in [0.25, 0.3) is 0 Å². The van der Waals surface area contributed by atoms with Gasteiger partial charge in [0, 0.05) is 0 Å². The van der Waals surface area contributed by atoms with Crippen LogP contribution in [0.5, 0.6) is 0 Å². The zero-order valence-electron chi connectivity index (χ0n) is 4.59. The Balaban J connectivity index is 3.17. The lowest BCUT2D eigenvalue weighted by Gasteiger charge is -2.02. The van der Waals surface area contributed by atoms with E-state index in [0.717, 1.165) is 6.04 Å². The molecule has 0 rings (SSSR count). The van der Waals surface area contributed by atoms with Crippen LogP contribution in [0.3, 0.4) is 0 Å². The monoisotopic (exact) mass is 106 g/mol. The lowest BCUT2D eigenvalue weighted by molar-refractivity contribution is 0.792. The Hall–Kier alpha value is 0.147. The van der Waals surface area contributed by atoms with Crippen LogP contribution in [0, 0.1) is 0 Å². The Kier molecular flexibility index (Phi) is 1.78. The maximum atomic E-state index is 12.3. The predicted octanol–water partition coefficient (Wildman–Crippen LogP) is 2.18. The maximum absolute atomic E-state index is 12.3. The SMILES string of the molecule is CC[Si](C)(C)F. The molecule has 0 nitrogen and oxygen atoms in total. The van der Waals surface area contributed by atoms with Crippen molar-refractivity contribution in [2.75, 3.05) is 0 Å². The first-order chi connectivity index (χ1) is 2.56. The van der Waals surface area contributed by atoms with E-state index in [1.165, 1.54) is 0 Å². The molecule has 0 saturated heterocycles. The fourth-order valence-electron chi connectivity index (χ4n) is 0. The first kappa shape index (κ1) is 6.15. The molecule has 6 heavy (non-hydrogen) atoms. The van der Waals surface area contributed by atoms with Crippen LogP contribution in [-0.4, -0.2) is 8.41 Å². The molecule has 0 heterocycles. The van der Waals surface area contributed by atoms with Crippen LogP contribution >= 0.6 is 0 Å². The Morgan fingerprint density at radius 1 is 1.50 bits per heavy atom. The van der Waals surface area contributed by atoms with Crippen molar-refractivity contribution in [3.05, 3.63) is 0 Å². The van der Waals surface area contributed by atoms with Crippen molar-refractivity contribution in [3.8, 4) is 0 Å². The average molecular weight is 106 g/mol. The second kappa shape index (κ2) is 1.73. The van der Waals surface area contributed by atoms with Crippen LogP contribution in [0.15, 0.2) is 0 Å². The van der Waals surface area contributed by atoms with E-state index in [2.05, 4.69) is 0 Å². The molecule has 0 fully saturated rings.